The predicted octanol–water partition coefficient (Wildman–Crippen LogP) is 1.97. The zero-order valence-corrected chi connectivity index (χ0v) is 11.7. The maximum atomic E-state index is 5.78. The normalized spacial score (nSPS) is 12.6. The largest absolute Gasteiger partial charge is 0.478 e. The van der Waals surface area contributed by atoms with Gasteiger partial charge in [-0.2, -0.15) is 0 Å². The lowest BCUT2D eigenvalue weighted by Gasteiger charge is -2.20. The van der Waals surface area contributed by atoms with E-state index in [0.29, 0.717) is 24.9 Å². The zero-order valence-electron chi connectivity index (χ0n) is 11.7. The number of nitrogens with one attached hydrogen (secondary N) is 1. The van der Waals surface area contributed by atoms with Crippen LogP contribution in [0, 0.1) is 12.8 Å². The minimum atomic E-state index is 0.230. The fraction of sp³-hybridized carbons (Fsp3) is 0.692. The van der Waals surface area contributed by atoms with E-state index in [1.165, 1.54) is 6.33 Å². The Morgan fingerprint density at radius 1 is 1.39 bits per heavy atom. The number of nitrogens with two attached hydrogens (primary N) is 1. The van der Waals surface area contributed by atoms with Crippen molar-refractivity contribution in [3.8, 4) is 5.88 Å². The maximum absolute atomic E-state index is 5.78. The molecule has 1 unspecified atom stereocenters. The third kappa shape index (κ3) is 4.14. The zero-order chi connectivity index (χ0) is 13.5. The quantitative estimate of drug-likeness (QED) is 0.776. The summed E-state index contributed by atoms with van der Waals surface area (Å²) in [7, 11) is 0. The van der Waals surface area contributed by atoms with Gasteiger partial charge in [0, 0.05) is 12.6 Å². The maximum Gasteiger partial charge on any atom is 0.221 e. The number of ether oxygens (including phenoxy) is 1. The van der Waals surface area contributed by atoms with Crippen LogP contribution in [0.2, 0.25) is 0 Å². The smallest absolute Gasteiger partial charge is 0.221 e. The molecule has 5 nitrogen and oxygen atoms in total. The van der Waals surface area contributed by atoms with E-state index in [1.807, 2.05) is 13.8 Å². The van der Waals surface area contributed by atoms with Gasteiger partial charge in [0.1, 0.15) is 12.1 Å². The predicted molar refractivity (Wildman–Crippen MR) is 73.9 cm³/mol. The summed E-state index contributed by atoms with van der Waals surface area (Å²) in [6, 6.07) is 0.230. The lowest BCUT2D eigenvalue weighted by molar-refractivity contribution is 0.323. The first-order valence-electron chi connectivity index (χ1n) is 6.49. The summed E-state index contributed by atoms with van der Waals surface area (Å²) in [5.41, 5.74) is 6.71. The molecule has 0 spiro atoms. The topological polar surface area (TPSA) is 73.1 Å². The second kappa shape index (κ2) is 7.16. The molecular formula is C13H24N4O. The second-order valence-electron chi connectivity index (χ2n) is 4.79. The number of nitrogens with zero attached hydrogens (tertiary/aromatic N) is 2. The van der Waals surface area contributed by atoms with E-state index in [1.54, 1.807) is 0 Å². The molecule has 102 valence electrons. The molecule has 0 radical (unpaired) electrons. The van der Waals surface area contributed by atoms with Crippen LogP contribution in [0.5, 0.6) is 5.88 Å². The molecule has 0 aliphatic carbocycles. The van der Waals surface area contributed by atoms with Crippen molar-refractivity contribution in [3.63, 3.8) is 0 Å². The van der Waals surface area contributed by atoms with Crippen molar-refractivity contribution in [2.45, 2.75) is 40.2 Å². The molecule has 0 aliphatic heterocycles. The van der Waals surface area contributed by atoms with E-state index in [9.17, 15) is 0 Å². The highest BCUT2D eigenvalue weighted by Crippen LogP contribution is 2.21. The molecule has 1 atom stereocenters. The summed E-state index contributed by atoms with van der Waals surface area (Å²) in [4.78, 5) is 8.38. The third-order valence-electron chi connectivity index (χ3n) is 2.70. The molecule has 0 fully saturated rings. The molecule has 1 heterocycles. The van der Waals surface area contributed by atoms with Gasteiger partial charge in [-0.3, -0.25) is 0 Å². The Kier molecular flexibility index (Phi) is 5.85. The standard InChI is InChI=1S/C13H24N4O/c1-5-18-13-10(4)12(15-8-16-13)17-11(7-14)6-9(2)3/h8-9,11H,5-7,14H2,1-4H3,(H,15,16,17). The average Bonchev–Trinajstić information content (AvgIpc) is 2.33. The molecule has 1 rings (SSSR count). The fourth-order valence-corrected chi connectivity index (χ4v) is 1.84. The van der Waals surface area contributed by atoms with Gasteiger partial charge in [-0.05, 0) is 26.2 Å². The number of hydrogen-bond donors (Lipinski definition) is 2. The van der Waals surface area contributed by atoms with Crippen LogP contribution >= 0.6 is 0 Å². The SMILES string of the molecule is CCOc1ncnc(NC(CN)CC(C)C)c1C. The van der Waals surface area contributed by atoms with Gasteiger partial charge < -0.3 is 15.8 Å². The molecule has 18 heavy (non-hydrogen) atoms. The van der Waals surface area contributed by atoms with E-state index in [4.69, 9.17) is 10.5 Å². The summed E-state index contributed by atoms with van der Waals surface area (Å²) in [5, 5.41) is 3.37. The van der Waals surface area contributed by atoms with Crippen LogP contribution in [-0.2, 0) is 0 Å². The molecule has 0 aromatic carbocycles. The van der Waals surface area contributed by atoms with E-state index in [2.05, 4.69) is 29.1 Å². The molecule has 0 amide bonds. The highest BCUT2D eigenvalue weighted by Gasteiger charge is 2.13. The molecular weight excluding hydrogens is 228 g/mol. The van der Waals surface area contributed by atoms with Crippen molar-refractivity contribution in [2.75, 3.05) is 18.5 Å². The molecule has 0 aliphatic rings. The average molecular weight is 252 g/mol. The van der Waals surface area contributed by atoms with E-state index in [-0.39, 0.29) is 6.04 Å². The highest BCUT2D eigenvalue weighted by molar-refractivity contribution is 5.48. The van der Waals surface area contributed by atoms with E-state index < -0.39 is 0 Å². The lowest BCUT2D eigenvalue weighted by atomic mass is 10.0. The first-order chi connectivity index (χ1) is 8.58. The highest BCUT2D eigenvalue weighted by atomic mass is 16.5. The minimum Gasteiger partial charge on any atom is -0.478 e. The van der Waals surface area contributed by atoms with Crippen molar-refractivity contribution in [3.05, 3.63) is 11.9 Å². The molecule has 3 N–H and O–H groups in total. The first kappa shape index (κ1) is 14.7. The van der Waals surface area contributed by atoms with Gasteiger partial charge in [0.2, 0.25) is 5.88 Å². The Balaban J connectivity index is 2.79. The van der Waals surface area contributed by atoms with E-state index in [0.717, 1.165) is 17.8 Å². The molecule has 5 heteroatoms. The number of hydrogen-bond acceptors (Lipinski definition) is 5. The van der Waals surface area contributed by atoms with Crippen molar-refractivity contribution >= 4 is 5.82 Å². The monoisotopic (exact) mass is 252 g/mol. The lowest BCUT2D eigenvalue weighted by Crippen LogP contribution is -2.31. The Labute approximate surface area is 109 Å². The first-order valence-corrected chi connectivity index (χ1v) is 6.49. The Morgan fingerprint density at radius 2 is 2.11 bits per heavy atom. The molecule has 1 aromatic rings. The number of rotatable bonds is 7. The van der Waals surface area contributed by atoms with Crippen LogP contribution in [0.3, 0.4) is 0 Å². The van der Waals surface area contributed by atoms with Gasteiger partial charge in [0.25, 0.3) is 0 Å². The summed E-state index contributed by atoms with van der Waals surface area (Å²) < 4.78 is 5.45. The van der Waals surface area contributed by atoms with Crippen molar-refractivity contribution in [1.82, 2.24) is 9.97 Å². The van der Waals surface area contributed by atoms with Crippen LogP contribution in [0.1, 0.15) is 32.8 Å². The summed E-state index contributed by atoms with van der Waals surface area (Å²) in [6.07, 6.45) is 2.53. The van der Waals surface area contributed by atoms with Gasteiger partial charge in [-0.1, -0.05) is 13.8 Å². The van der Waals surface area contributed by atoms with Gasteiger partial charge >= 0.3 is 0 Å². The molecule has 0 bridgehead atoms. The van der Waals surface area contributed by atoms with Crippen LogP contribution in [-0.4, -0.2) is 29.2 Å². The van der Waals surface area contributed by atoms with Crippen LogP contribution in [0.15, 0.2) is 6.33 Å². The summed E-state index contributed by atoms with van der Waals surface area (Å²) in [6.45, 7) is 9.45. The third-order valence-corrected chi connectivity index (χ3v) is 2.70. The molecule has 0 saturated carbocycles. The number of aromatic nitrogens is 2. The number of anilines is 1. The van der Waals surface area contributed by atoms with Crippen LogP contribution in [0.4, 0.5) is 5.82 Å². The second-order valence-corrected chi connectivity index (χ2v) is 4.79. The van der Waals surface area contributed by atoms with Crippen molar-refractivity contribution < 1.29 is 4.74 Å². The Morgan fingerprint density at radius 3 is 2.67 bits per heavy atom. The Hall–Kier alpha value is -1.36. The molecule has 1 aromatic heterocycles. The summed E-state index contributed by atoms with van der Waals surface area (Å²) in [5.74, 6) is 2.04. The Bertz CT molecular complexity index is 368. The van der Waals surface area contributed by atoms with Gasteiger partial charge in [-0.15, -0.1) is 0 Å². The van der Waals surface area contributed by atoms with E-state index >= 15 is 0 Å². The van der Waals surface area contributed by atoms with Crippen LogP contribution < -0.4 is 15.8 Å². The van der Waals surface area contributed by atoms with Gasteiger partial charge in [0.15, 0.2) is 0 Å². The van der Waals surface area contributed by atoms with Crippen molar-refractivity contribution in [1.29, 1.82) is 0 Å². The van der Waals surface area contributed by atoms with Crippen LogP contribution in [0.25, 0.3) is 0 Å². The fourth-order valence-electron chi connectivity index (χ4n) is 1.84. The molecule has 0 saturated heterocycles. The van der Waals surface area contributed by atoms with Crippen molar-refractivity contribution in [2.24, 2.45) is 11.7 Å². The minimum absolute atomic E-state index is 0.230. The summed E-state index contributed by atoms with van der Waals surface area (Å²) >= 11 is 0. The van der Waals surface area contributed by atoms with Gasteiger partial charge in [0.05, 0.1) is 12.2 Å². The van der Waals surface area contributed by atoms with Gasteiger partial charge in [-0.25, -0.2) is 9.97 Å².